The standard InChI is InChI=1S/C14H17BrClN3/c1-3-19-13(14(15)10(2)18-19)9-17-12-6-4-5-11(7-12)8-16/h4-7,17H,3,8-9H2,1-2H3. The van der Waals surface area contributed by atoms with E-state index in [1.54, 1.807) is 0 Å². The highest BCUT2D eigenvalue weighted by Gasteiger charge is 2.11. The molecule has 0 atom stereocenters. The molecule has 0 bridgehead atoms. The number of aromatic nitrogens is 2. The van der Waals surface area contributed by atoms with E-state index >= 15 is 0 Å². The van der Waals surface area contributed by atoms with Gasteiger partial charge in [-0.05, 0) is 47.5 Å². The Hall–Kier alpha value is -1.00. The summed E-state index contributed by atoms with van der Waals surface area (Å²) in [6.07, 6.45) is 0. The molecular formula is C14H17BrClN3. The summed E-state index contributed by atoms with van der Waals surface area (Å²) in [5, 5.41) is 7.90. The number of hydrogen-bond acceptors (Lipinski definition) is 2. The average molecular weight is 343 g/mol. The lowest BCUT2D eigenvalue weighted by Crippen LogP contribution is -2.08. The SMILES string of the molecule is CCn1nc(C)c(Br)c1CNc1cccc(CCl)c1. The minimum Gasteiger partial charge on any atom is -0.379 e. The normalized spacial score (nSPS) is 10.7. The van der Waals surface area contributed by atoms with Crippen LogP contribution in [0.15, 0.2) is 28.7 Å². The molecule has 5 heteroatoms. The quantitative estimate of drug-likeness (QED) is 0.820. The second-order valence-corrected chi connectivity index (χ2v) is 5.41. The predicted molar refractivity (Wildman–Crippen MR) is 83.7 cm³/mol. The number of halogens is 2. The zero-order valence-corrected chi connectivity index (χ0v) is 13.4. The van der Waals surface area contributed by atoms with E-state index in [4.69, 9.17) is 11.6 Å². The molecule has 0 aliphatic heterocycles. The number of rotatable bonds is 5. The first-order valence-electron chi connectivity index (χ1n) is 6.26. The molecule has 0 aliphatic carbocycles. The molecule has 2 rings (SSSR count). The zero-order chi connectivity index (χ0) is 13.8. The average Bonchev–Trinajstić information content (AvgIpc) is 2.72. The number of hydrogen-bond donors (Lipinski definition) is 1. The fraction of sp³-hybridized carbons (Fsp3) is 0.357. The van der Waals surface area contributed by atoms with Gasteiger partial charge in [-0.2, -0.15) is 5.10 Å². The van der Waals surface area contributed by atoms with Crippen LogP contribution in [-0.4, -0.2) is 9.78 Å². The molecule has 0 unspecified atom stereocenters. The summed E-state index contributed by atoms with van der Waals surface area (Å²) >= 11 is 9.44. The van der Waals surface area contributed by atoms with Crippen LogP contribution in [0.1, 0.15) is 23.9 Å². The topological polar surface area (TPSA) is 29.9 Å². The van der Waals surface area contributed by atoms with Crippen LogP contribution in [0.4, 0.5) is 5.69 Å². The Labute approximate surface area is 127 Å². The largest absolute Gasteiger partial charge is 0.379 e. The molecule has 19 heavy (non-hydrogen) atoms. The Kier molecular flexibility index (Phi) is 4.88. The molecule has 0 radical (unpaired) electrons. The molecule has 1 aromatic heterocycles. The van der Waals surface area contributed by atoms with Crippen molar-refractivity contribution in [1.29, 1.82) is 0 Å². The van der Waals surface area contributed by atoms with E-state index in [1.165, 1.54) is 0 Å². The van der Waals surface area contributed by atoms with Gasteiger partial charge in [0.2, 0.25) is 0 Å². The fourth-order valence-corrected chi connectivity index (χ4v) is 2.58. The van der Waals surface area contributed by atoms with Crippen LogP contribution in [0.25, 0.3) is 0 Å². The first-order valence-corrected chi connectivity index (χ1v) is 7.59. The molecule has 1 N–H and O–H groups in total. The summed E-state index contributed by atoms with van der Waals surface area (Å²) in [6.45, 7) is 5.70. The molecule has 0 saturated heterocycles. The minimum absolute atomic E-state index is 0.533. The van der Waals surface area contributed by atoms with Gasteiger partial charge in [-0.1, -0.05) is 12.1 Å². The van der Waals surface area contributed by atoms with Crippen LogP contribution in [0.5, 0.6) is 0 Å². The number of alkyl halides is 1. The summed E-state index contributed by atoms with van der Waals surface area (Å²) in [7, 11) is 0. The van der Waals surface area contributed by atoms with Crippen molar-refractivity contribution in [2.45, 2.75) is 32.8 Å². The molecule has 0 spiro atoms. The van der Waals surface area contributed by atoms with Gasteiger partial charge in [0.1, 0.15) is 0 Å². The Morgan fingerprint density at radius 2 is 2.21 bits per heavy atom. The lowest BCUT2D eigenvalue weighted by molar-refractivity contribution is 0.622. The molecule has 1 aromatic carbocycles. The summed E-state index contributed by atoms with van der Waals surface area (Å²) in [5.74, 6) is 0.533. The third kappa shape index (κ3) is 3.31. The summed E-state index contributed by atoms with van der Waals surface area (Å²) in [4.78, 5) is 0. The van der Waals surface area contributed by atoms with Crippen LogP contribution >= 0.6 is 27.5 Å². The highest BCUT2D eigenvalue weighted by Crippen LogP contribution is 2.22. The lowest BCUT2D eigenvalue weighted by atomic mass is 10.2. The van der Waals surface area contributed by atoms with Gasteiger partial charge in [0, 0.05) is 18.1 Å². The van der Waals surface area contributed by atoms with Crippen molar-refractivity contribution in [1.82, 2.24) is 9.78 Å². The number of nitrogens with zero attached hydrogens (tertiary/aromatic N) is 2. The summed E-state index contributed by atoms with van der Waals surface area (Å²) in [5.41, 5.74) is 4.38. The second-order valence-electron chi connectivity index (χ2n) is 4.35. The number of anilines is 1. The van der Waals surface area contributed by atoms with Gasteiger partial charge in [-0.25, -0.2) is 0 Å². The van der Waals surface area contributed by atoms with Crippen molar-refractivity contribution >= 4 is 33.2 Å². The van der Waals surface area contributed by atoms with Gasteiger partial charge in [0.05, 0.1) is 22.4 Å². The molecule has 0 saturated carbocycles. The third-order valence-corrected chi connectivity index (χ3v) is 4.33. The summed E-state index contributed by atoms with van der Waals surface area (Å²) < 4.78 is 3.09. The predicted octanol–water partition coefficient (Wildman–Crippen LogP) is 4.32. The Morgan fingerprint density at radius 3 is 2.89 bits per heavy atom. The van der Waals surface area contributed by atoms with E-state index in [1.807, 2.05) is 29.8 Å². The van der Waals surface area contributed by atoms with E-state index in [-0.39, 0.29) is 0 Å². The first kappa shape index (κ1) is 14.4. The highest BCUT2D eigenvalue weighted by atomic mass is 79.9. The zero-order valence-electron chi connectivity index (χ0n) is 11.1. The molecule has 0 fully saturated rings. The van der Waals surface area contributed by atoms with Crippen LogP contribution < -0.4 is 5.32 Å². The number of aryl methyl sites for hydroxylation is 2. The minimum atomic E-state index is 0.533. The molecule has 0 aliphatic rings. The maximum Gasteiger partial charge on any atom is 0.0739 e. The van der Waals surface area contributed by atoms with E-state index in [0.717, 1.165) is 40.2 Å². The monoisotopic (exact) mass is 341 g/mol. The Balaban J connectivity index is 2.14. The van der Waals surface area contributed by atoms with Gasteiger partial charge in [-0.3, -0.25) is 4.68 Å². The maximum atomic E-state index is 5.84. The van der Waals surface area contributed by atoms with E-state index in [2.05, 4.69) is 39.3 Å². The van der Waals surface area contributed by atoms with Gasteiger partial charge < -0.3 is 5.32 Å². The Bertz CT molecular complexity index is 566. The Morgan fingerprint density at radius 1 is 1.42 bits per heavy atom. The van der Waals surface area contributed by atoms with Crippen molar-refractivity contribution in [2.75, 3.05) is 5.32 Å². The van der Waals surface area contributed by atoms with Crippen LogP contribution in [0.2, 0.25) is 0 Å². The van der Waals surface area contributed by atoms with E-state index in [9.17, 15) is 0 Å². The fourth-order valence-electron chi connectivity index (χ4n) is 1.99. The first-order chi connectivity index (χ1) is 9.15. The summed E-state index contributed by atoms with van der Waals surface area (Å²) in [6, 6.07) is 8.15. The van der Waals surface area contributed by atoms with Crippen LogP contribution in [0.3, 0.4) is 0 Å². The molecule has 102 valence electrons. The molecule has 0 amide bonds. The molecule has 1 heterocycles. The lowest BCUT2D eigenvalue weighted by Gasteiger charge is -2.09. The van der Waals surface area contributed by atoms with Crippen molar-refractivity contribution in [3.8, 4) is 0 Å². The highest BCUT2D eigenvalue weighted by molar-refractivity contribution is 9.10. The van der Waals surface area contributed by atoms with Crippen molar-refractivity contribution in [3.63, 3.8) is 0 Å². The van der Waals surface area contributed by atoms with Gasteiger partial charge in [-0.15, -0.1) is 11.6 Å². The van der Waals surface area contributed by atoms with Gasteiger partial charge >= 0.3 is 0 Å². The van der Waals surface area contributed by atoms with Crippen LogP contribution in [-0.2, 0) is 19.0 Å². The molecular weight excluding hydrogens is 326 g/mol. The van der Waals surface area contributed by atoms with Crippen molar-refractivity contribution in [2.24, 2.45) is 0 Å². The van der Waals surface area contributed by atoms with Crippen molar-refractivity contribution < 1.29 is 0 Å². The van der Waals surface area contributed by atoms with Crippen molar-refractivity contribution in [3.05, 3.63) is 45.7 Å². The van der Waals surface area contributed by atoms with E-state index < -0.39 is 0 Å². The van der Waals surface area contributed by atoms with E-state index in [0.29, 0.717) is 5.88 Å². The smallest absolute Gasteiger partial charge is 0.0739 e. The second kappa shape index (κ2) is 6.44. The van der Waals surface area contributed by atoms with Gasteiger partial charge in [0.15, 0.2) is 0 Å². The van der Waals surface area contributed by atoms with Crippen LogP contribution in [0, 0.1) is 6.92 Å². The molecule has 2 aromatic rings. The number of nitrogens with one attached hydrogen (secondary N) is 1. The maximum absolute atomic E-state index is 5.84. The molecule has 3 nitrogen and oxygen atoms in total. The number of benzene rings is 1. The third-order valence-electron chi connectivity index (χ3n) is 2.99. The van der Waals surface area contributed by atoms with Gasteiger partial charge in [0.25, 0.3) is 0 Å².